The first-order chi connectivity index (χ1) is 11.5. The minimum absolute atomic E-state index is 0.199. The number of hydrogen-bond acceptors (Lipinski definition) is 1. The molecular formula is C19H12F3OS+. The summed E-state index contributed by atoms with van der Waals surface area (Å²) < 4.78 is 43.3. The quantitative estimate of drug-likeness (QED) is 0.371. The first-order valence-corrected chi connectivity index (χ1v) is 8.54. The summed E-state index contributed by atoms with van der Waals surface area (Å²) in [4.78, 5) is 0.974. The second-order valence-corrected chi connectivity index (χ2v) is 7.28. The van der Waals surface area contributed by atoms with Gasteiger partial charge < -0.3 is 4.74 Å². The van der Waals surface area contributed by atoms with Crippen LogP contribution in [0.3, 0.4) is 0 Å². The molecule has 0 bridgehead atoms. The van der Waals surface area contributed by atoms with E-state index in [1.165, 1.54) is 32.3 Å². The first kappa shape index (κ1) is 15.0. The van der Waals surface area contributed by atoms with Crippen LogP contribution in [0, 0.1) is 0 Å². The van der Waals surface area contributed by atoms with Crippen molar-refractivity contribution in [3.8, 4) is 10.6 Å². The summed E-state index contributed by atoms with van der Waals surface area (Å²) in [5.74, 6) is -0.199. The summed E-state index contributed by atoms with van der Waals surface area (Å²) in [6, 6.07) is 22.5. The molecular weight excluding hydrogens is 333 g/mol. The normalized spacial score (nSPS) is 12.0. The van der Waals surface area contributed by atoms with Gasteiger partial charge in [-0.25, -0.2) is 0 Å². The van der Waals surface area contributed by atoms with Crippen LogP contribution in [0.15, 0.2) is 72.8 Å². The Morgan fingerprint density at radius 1 is 0.667 bits per heavy atom. The SMILES string of the molecule is FC(F)(F)Oc1ccc(-[s+]2c3ccccc3c3ccccc32)cc1. The van der Waals surface area contributed by atoms with Crippen LogP contribution in [-0.4, -0.2) is 6.36 Å². The van der Waals surface area contributed by atoms with Crippen LogP contribution >= 0.6 is 10.5 Å². The zero-order valence-corrected chi connectivity index (χ0v) is 13.2. The van der Waals surface area contributed by atoms with E-state index in [0.29, 0.717) is 0 Å². The lowest BCUT2D eigenvalue weighted by molar-refractivity contribution is -0.274. The van der Waals surface area contributed by atoms with Crippen LogP contribution in [0.5, 0.6) is 5.75 Å². The van der Waals surface area contributed by atoms with Gasteiger partial charge in [-0.2, -0.15) is 0 Å². The summed E-state index contributed by atoms with van der Waals surface area (Å²) in [5.41, 5.74) is 0. The highest BCUT2D eigenvalue weighted by Gasteiger charge is 2.31. The van der Waals surface area contributed by atoms with Gasteiger partial charge in [0, 0.05) is 33.4 Å². The molecule has 24 heavy (non-hydrogen) atoms. The molecule has 0 spiro atoms. The number of fused-ring (bicyclic) bond motifs is 3. The van der Waals surface area contributed by atoms with Gasteiger partial charge in [0.2, 0.25) is 0 Å². The number of rotatable bonds is 2. The Bertz CT molecular complexity index is 963. The van der Waals surface area contributed by atoms with Crippen molar-refractivity contribution in [2.75, 3.05) is 0 Å². The summed E-state index contributed by atoms with van der Waals surface area (Å²) in [5, 5.41) is 2.37. The fourth-order valence-corrected chi connectivity index (χ4v) is 5.26. The molecule has 0 aliphatic rings. The van der Waals surface area contributed by atoms with Gasteiger partial charge in [0.15, 0.2) is 14.3 Å². The van der Waals surface area contributed by atoms with Gasteiger partial charge in [-0.1, -0.05) is 24.3 Å². The first-order valence-electron chi connectivity index (χ1n) is 7.31. The topological polar surface area (TPSA) is 9.23 Å². The smallest absolute Gasteiger partial charge is 0.406 e. The number of thiophene rings is 1. The van der Waals surface area contributed by atoms with E-state index >= 15 is 0 Å². The van der Waals surface area contributed by atoms with E-state index in [2.05, 4.69) is 29.0 Å². The van der Waals surface area contributed by atoms with Gasteiger partial charge in [-0.3, -0.25) is 0 Å². The van der Waals surface area contributed by atoms with Crippen molar-refractivity contribution in [2.24, 2.45) is 0 Å². The Labute approximate surface area is 138 Å². The molecule has 0 atom stereocenters. The summed E-state index contributed by atoms with van der Waals surface area (Å²) in [6.07, 6.45) is -4.67. The van der Waals surface area contributed by atoms with Crippen LogP contribution in [-0.2, 0) is 0 Å². The van der Waals surface area contributed by atoms with Crippen LogP contribution in [0.1, 0.15) is 0 Å². The molecule has 120 valence electrons. The van der Waals surface area contributed by atoms with Gasteiger partial charge >= 0.3 is 6.36 Å². The minimum Gasteiger partial charge on any atom is -0.406 e. The molecule has 0 aliphatic carbocycles. The van der Waals surface area contributed by atoms with Gasteiger partial charge in [-0.15, -0.1) is 13.2 Å². The van der Waals surface area contributed by atoms with E-state index in [1.54, 1.807) is 12.1 Å². The average molecular weight is 345 g/mol. The second kappa shape index (κ2) is 5.53. The highest BCUT2D eigenvalue weighted by atomic mass is 32.2. The molecule has 0 aliphatic heterocycles. The predicted octanol–water partition coefficient (Wildman–Crippen LogP) is 6.63. The van der Waals surface area contributed by atoms with Gasteiger partial charge in [0.1, 0.15) is 5.75 Å². The maximum Gasteiger partial charge on any atom is 0.573 e. The zero-order chi connectivity index (χ0) is 16.7. The van der Waals surface area contributed by atoms with Crippen molar-refractivity contribution >= 4 is 30.6 Å². The third-order valence-corrected chi connectivity index (χ3v) is 6.13. The molecule has 4 aromatic rings. The molecule has 3 aromatic carbocycles. The lowest BCUT2D eigenvalue weighted by atomic mass is 10.2. The van der Waals surface area contributed by atoms with Crippen LogP contribution < -0.4 is 4.74 Å². The van der Waals surface area contributed by atoms with Crippen molar-refractivity contribution in [1.29, 1.82) is 0 Å². The summed E-state index contributed by atoms with van der Waals surface area (Å²) in [7, 11) is -0.309. The van der Waals surface area contributed by atoms with Crippen LogP contribution in [0.25, 0.3) is 25.1 Å². The molecule has 0 N–H and O–H groups in total. The van der Waals surface area contributed by atoms with Crippen LogP contribution in [0.4, 0.5) is 13.2 Å². The average Bonchev–Trinajstić information content (AvgIpc) is 2.89. The van der Waals surface area contributed by atoms with Crippen molar-refractivity contribution in [3.63, 3.8) is 0 Å². The van der Waals surface area contributed by atoms with E-state index in [1.807, 2.05) is 24.3 Å². The fraction of sp³-hybridized carbons (Fsp3) is 0.0526. The van der Waals surface area contributed by atoms with E-state index < -0.39 is 6.36 Å². The standard InChI is InChI=1S/C19H12F3OS/c20-19(21,22)23-13-9-11-14(12-10-13)24-17-7-3-1-5-15(17)16-6-2-4-8-18(16)24/h1-12H/q+1. The summed E-state index contributed by atoms with van der Waals surface area (Å²) >= 11 is 0. The maximum absolute atomic E-state index is 12.3. The van der Waals surface area contributed by atoms with E-state index in [9.17, 15) is 13.2 Å². The van der Waals surface area contributed by atoms with Gasteiger partial charge in [-0.05, 0) is 36.4 Å². The van der Waals surface area contributed by atoms with E-state index in [4.69, 9.17) is 0 Å². The van der Waals surface area contributed by atoms with E-state index in [0.717, 1.165) is 4.90 Å². The molecule has 4 rings (SSSR count). The highest BCUT2D eigenvalue weighted by Crippen LogP contribution is 2.48. The molecule has 0 amide bonds. The molecule has 1 aromatic heterocycles. The lowest BCUT2D eigenvalue weighted by Gasteiger charge is -2.07. The van der Waals surface area contributed by atoms with Crippen molar-refractivity contribution < 1.29 is 17.9 Å². The second-order valence-electron chi connectivity index (χ2n) is 5.32. The number of halogens is 3. The van der Waals surface area contributed by atoms with Crippen molar-refractivity contribution in [2.45, 2.75) is 6.36 Å². The van der Waals surface area contributed by atoms with E-state index in [-0.39, 0.29) is 16.2 Å². The lowest BCUT2D eigenvalue weighted by Crippen LogP contribution is -2.16. The predicted molar refractivity (Wildman–Crippen MR) is 92.0 cm³/mol. The van der Waals surface area contributed by atoms with Crippen molar-refractivity contribution in [3.05, 3.63) is 72.8 Å². The monoisotopic (exact) mass is 345 g/mol. The third kappa shape index (κ3) is 2.61. The van der Waals surface area contributed by atoms with Crippen LogP contribution in [0.2, 0.25) is 0 Å². The molecule has 1 nitrogen and oxygen atoms in total. The number of ether oxygens (including phenoxy) is 1. The molecule has 0 saturated heterocycles. The zero-order valence-electron chi connectivity index (χ0n) is 12.4. The Hall–Kier alpha value is -2.53. The maximum atomic E-state index is 12.3. The Balaban J connectivity index is 1.89. The molecule has 0 saturated carbocycles. The molecule has 1 heterocycles. The van der Waals surface area contributed by atoms with Gasteiger partial charge in [0.25, 0.3) is 0 Å². The molecule has 0 unspecified atom stereocenters. The largest absolute Gasteiger partial charge is 0.573 e. The summed E-state index contributed by atoms with van der Waals surface area (Å²) in [6.45, 7) is 0. The Kier molecular flexibility index (Phi) is 3.46. The van der Waals surface area contributed by atoms with Gasteiger partial charge in [0.05, 0.1) is 0 Å². The molecule has 5 heteroatoms. The van der Waals surface area contributed by atoms with Crippen molar-refractivity contribution in [1.82, 2.24) is 0 Å². The molecule has 0 radical (unpaired) electrons. The Morgan fingerprint density at radius 3 is 1.67 bits per heavy atom. The minimum atomic E-state index is -4.67. The third-order valence-electron chi connectivity index (χ3n) is 3.80. The number of benzene rings is 3. The number of hydrogen-bond donors (Lipinski definition) is 0. The fourth-order valence-electron chi connectivity index (χ4n) is 2.88. The highest BCUT2D eigenvalue weighted by molar-refractivity contribution is 7.50. The molecule has 0 fully saturated rings. The Morgan fingerprint density at radius 2 is 1.17 bits per heavy atom. The number of alkyl halides is 3.